The summed E-state index contributed by atoms with van der Waals surface area (Å²) in [4.78, 5) is 14.3. The summed E-state index contributed by atoms with van der Waals surface area (Å²) in [6.45, 7) is 6.48. The summed E-state index contributed by atoms with van der Waals surface area (Å²) in [6.07, 6.45) is 0. The normalized spacial score (nSPS) is 11.6. The van der Waals surface area contributed by atoms with Crippen LogP contribution in [0.25, 0.3) is 0 Å². The van der Waals surface area contributed by atoms with E-state index < -0.39 is 0 Å². The van der Waals surface area contributed by atoms with Crippen molar-refractivity contribution in [2.45, 2.75) is 26.2 Å². The molecule has 3 heteroatoms. The van der Waals surface area contributed by atoms with E-state index >= 15 is 0 Å². The van der Waals surface area contributed by atoms with Gasteiger partial charge in [-0.25, -0.2) is 0 Å². The zero-order chi connectivity index (χ0) is 13.3. The molecular formula is C15H15BrOS. The molecule has 0 saturated carbocycles. The number of thiophene rings is 1. The van der Waals surface area contributed by atoms with Crippen molar-refractivity contribution in [2.24, 2.45) is 0 Å². The summed E-state index contributed by atoms with van der Waals surface area (Å²) in [6, 6.07) is 11.5. The number of benzene rings is 1. The molecule has 0 bridgehead atoms. The third kappa shape index (κ3) is 2.90. The lowest BCUT2D eigenvalue weighted by atomic mass is 9.95. The maximum Gasteiger partial charge on any atom is 0.202 e. The number of carbonyl (C=O) groups is 1. The number of ketones is 1. The third-order valence-corrected chi connectivity index (χ3v) is 4.71. The van der Waals surface area contributed by atoms with Gasteiger partial charge in [-0.3, -0.25) is 4.79 Å². The highest BCUT2D eigenvalue weighted by atomic mass is 79.9. The lowest BCUT2D eigenvalue weighted by Crippen LogP contribution is -2.07. The smallest absolute Gasteiger partial charge is 0.202 e. The zero-order valence-electron chi connectivity index (χ0n) is 10.7. The minimum atomic E-state index is 0.100. The first-order chi connectivity index (χ1) is 8.38. The Morgan fingerprint density at radius 3 is 2.17 bits per heavy atom. The average Bonchev–Trinajstić information content (AvgIpc) is 2.78. The van der Waals surface area contributed by atoms with Crippen molar-refractivity contribution < 1.29 is 4.79 Å². The molecule has 0 N–H and O–H groups in total. The molecule has 0 aliphatic heterocycles. The van der Waals surface area contributed by atoms with E-state index in [-0.39, 0.29) is 11.2 Å². The Labute approximate surface area is 120 Å². The Morgan fingerprint density at radius 2 is 1.67 bits per heavy atom. The van der Waals surface area contributed by atoms with E-state index in [4.69, 9.17) is 0 Å². The van der Waals surface area contributed by atoms with Gasteiger partial charge in [0.25, 0.3) is 0 Å². The van der Waals surface area contributed by atoms with Gasteiger partial charge in [0.2, 0.25) is 5.78 Å². The molecule has 0 atom stereocenters. The van der Waals surface area contributed by atoms with Crippen LogP contribution in [-0.2, 0) is 5.41 Å². The number of rotatable bonds is 2. The molecule has 0 unspecified atom stereocenters. The first-order valence-electron chi connectivity index (χ1n) is 5.78. The van der Waals surface area contributed by atoms with Gasteiger partial charge in [-0.05, 0) is 41.8 Å². The van der Waals surface area contributed by atoms with Crippen molar-refractivity contribution in [3.05, 3.63) is 56.2 Å². The standard InChI is InChI=1S/C15H15BrOS/c1-15(2,3)13-9-8-12(18-13)14(17)10-4-6-11(16)7-5-10/h4-9H,1-3H3. The van der Waals surface area contributed by atoms with Crippen molar-refractivity contribution in [2.75, 3.05) is 0 Å². The summed E-state index contributed by atoms with van der Waals surface area (Å²) in [5.41, 5.74) is 0.837. The second kappa shape index (κ2) is 4.98. The van der Waals surface area contributed by atoms with Gasteiger partial charge in [0, 0.05) is 14.9 Å². The first-order valence-corrected chi connectivity index (χ1v) is 7.39. The second-order valence-corrected chi connectivity index (χ2v) is 7.25. The van der Waals surface area contributed by atoms with Gasteiger partial charge < -0.3 is 0 Å². The fraction of sp³-hybridized carbons (Fsp3) is 0.267. The number of hydrogen-bond donors (Lipinski definition) is 0. The van der Waals surface area contributed by atoms with E-state index in [2.05, 4.69) is 42.8 Å². The lowest BCUT2D eigenvalue weighted by molar-refractivity contribution is 0.104. The number of halogens is 1. The summed E-state index contributed by atoms with van der Waals surface area (Å²) in [7, 11) is 0. The Morgan fingerprint density at radius 1 is 1.06 bits per heavy atom. The third-order valence-electron chi connectivity index (χ3n) is 2.68. The molecule has 94 valence electrons. The minimum Gasteiger partial charge on any atom is -0.288 e. The van der Waals surface area contributed by atoms with Crippen LogP contribution in [0.4, 0.5) is 0 Å². The molecular weight excluding hydrogens is 308 g/mol. The monoisotopic (exact) mass is 322 g/mol. The van der Waals surface area contributed by atoms with Crippen LogP contribution in [0.5, 0.6) is 0 Å². The van der Waals surface area contributed by atoms with Crippen LogP contribution in [0, 0.1) is 0 Å². The molecule has 2 aromatic rings. The summed E-state index contributed by atoms with van der Waals surface area (Å²) in [5, 5.41) is 0. The van der Waals surface area contributed by atoms with Crippen LogP contribution in [-0.4, -0.2) is 5.78 Å². The van der Waals surface area contributed by atoms with Gasteiger partial charge in [0.15, 0.2) is 0 Å². The topological polar surface area (TPSA) is 17.1 Å². The van der Waals surface area contributed by atoms with Crippen LogP contribution >= 0.6 is 27.3 Å². The summed E-state index contributed by atoms with van der Waals surface area (Å²) in [5.74, 6) is 0.100. The SMILES string of the molecule is CC(C)(C)c1ccc(C(=O)c2ccc(Br)cc2)s1. The molecule has 0 aliphatic rings. The van der Waals surface area contributed by atoms with Crippen LogP contribution in [0.15, 0.2) is 40.9 Å². The van der Waals surface area contributed by atoms with Crippen molar-refractivity contribution in [3.63, 3.8) is 0 Å². The van der Waals surface area contributed by atoms with Gasteiger partial charge in [0.1, 0.15) is 0 Å². The van der Waals surface area contributed by atoms with Crippen LogP contribution in [0.3, 0.4) is 0 Å². The fourth-order valence-corrected chi connectivity index (χ4v) is 2.90. The molecule has 0 spiro atoms. The van der Waals surface area contributed by atoms with E-state index in [1.54, 1.807) is 11.3 Å². The highest BCUT2D eigenvalue weighted by molar-refractivity contribution is 9.10. The van der Waals surface area contributed by atoms with Crippen molar-refractivity contribution >= 4 is 33.0 Å². The Balaban J connectivity index is 2.29. The molecule has 0 amide bonds. The molecule has 0 aliphatic carbocycles. The van der Waals surface area contributed by atoms with Crippen molar-refractivity contribution in [3.8, 4) is 0 Å². The van der Waals surface area contributed by atoms with Gasteiger partial charge in [-0.15, -0.1) is 11.3 Å². The first kappa shape index (κ1) is 13.5. The molecule has 1 nitrogen and oxygen atoms in total. The van der Waals surface area contributed by atoms with E-state index in [9.17, 15) is 4.79 Å². The number of carbonyl (C=O) groups excluding carboxylic acids is 1. The molecule has 1 aromatic carbocycles. The predicted octanol–water partition coefficient (Wildman–Crippen LogP) is 5.04. The van der Waals surface area contributed by atoms with Gasteiger partial charge in [-0.2, -0.15) is 0 Å². The lowest BCUT2D eigenvalue weighted by Gasteiger charge is -2.15. The van der Waals surface area contributed by atoms with Crippen molar-refractivity contribution in [1.82, 2.24) is 0 Å². The highest BCUT2D eigenvalue weighted by Gasteiger charge is 2.19. The molecule has 1 heterocycles. The molecule has 18 heavy (non-hydrogen) atoms. The van der Waals surface area contributed by atoms with Crippen LogP contribution < -0.4 is 0 Å². The maximum absolute atomic E-state index is 12.3. The maximum atomic E-state index is 12.3. The van der Waals surface area contributed by atoms with Gasteiger partial charge in [-0.1, -0.05) is 36.7 Å². The van der Waals surface area contributed by atoms with Crippen LogP contribution in [0.1, 0.15) is 40.9 Å². The molecule has 1 aromatic heterocycles. The highest BCUT2D eigenvalue weighted by Crippen LogP contribution is 2.30. The van der Waals surface area contributed by atoms with E-state index in [1.807, 2.05) is 30.3 Å². The molecule has 0 fully saturated rings. The summed E-state index contributed by atoms with van der Waals surface area (Å²) >= 11 is 4.96. The zero-order valence-corrected chi connectivity index (χ0v) is 13.1. The van der Waals surface area contributed by atoms with Crippen molar-refractivity contribution in [1.29, 1.82) is 0 Å². The van der Waals surface area contributed by atoms with Crippen LogP contribution in [0.2, 0.25) is 0 Å². The molecule has 2 rings (SSSR count). The predicted molar refractivity (Wildman–Crippen MR) is 80.6 cm³/mol. The Hall–Kier alpha value is -0.930. The number of hydrogen-bond acceptors (Lipinski definition) is 2. The largest absolute Gasteiger partial charge is 0.288 e. The van der Waals surface area contributed by atoms with Gasteiger partial charge >= 0.3 is 0 Å². The van der Waals surface area contributed by atoms with Gasteiger partial charge in [0.05, 0.1) is 4.88 Å². The van der Waals surface area contributed by atoms with E-state index in [0.29, 0.717) is 0 Å². The Kier molecular flexibility index (Phi) is 3.74. The fourth-order valence-electron chi connectivity index (χ4n) is 1.61. The minimum absolute atomic E-state index is 0.100. The van der Waals surface area contributed by atoms with E-state index in [1.165, 1.54) is 4.88 Å². The Bertz CT molecular complexity index is 561. The average molecular weight is 323 g/mol. The molecule has 0 radical (unpaired) electrons. The second-order valence-electron chi connectivity index (χ2n) is 5.25. The quantitative estimate of drug-likeness (QED) is 0.708. The summed E-state index contributed by atoms with van der Waals surface area (Å²) < 4.78 is 0.987. The van der Waals surface area contributed by atoms with E-state index in [0.717, 1.165) is 14.9 Å². The molecule has 0 saturated heterocycles.